The average molecular weight is 384 g/mol. The number of rotatable bonds is 5. The number of ether oxygens (including phenoxy) is 1. The zero-order valence-corrected chi connectivity index (χ0v) is 17.0. The summed E-state index contributed by atoms with van der Waals surface area (Å²) in [5.74, 6) is 0.292. The van der Waals surface area contributed by atoms with Crippen molar-refractivity contribution < 1.29 is 9.53 Å². The predicted octanol–water partition coefficient (Wildman–Crippen LogP) is 2.31. The van der Waals surface area contributed by atoms with Gasteiger partial charge in [0, 0.05) is 38.3 Å². The predicted molar refractivity (Wildman–Crippen MR) is 103 cm³/mol. The Hall–Kier alpha value is -0.0700. The fraction of sp³-hybridized carbons (Fsp3) is 0.941. The molecular formula is C17H35Cl2N3O2. The normalized spacial score (nSPS) is 28.2. The molecule has 1 aliphatic heterocycles. The first kappa shape index (κ1) is 23.9. The van der Waals surface area contributed by atoms with Gasteiger partial charge >= 0.3 is 0 Å². The summed E-state index contributed by atoms with van der Waals surface area (Å²) in [6, 6.07) is 0. The third-order valence-electron chi connectivity index (χ3n) is 5.10. The van der Waals surface area contributed by atoms with Gasteiger partial charge in [-0.2, -0.15) is 0 Å². The van der Waals surface area contributed by atoms with Gasteiger partial charge in [0.25, 0.3) is 0 Å². The summed E-state index contributed by atoms with van der Waals surface area (Å²) in [6.07, 6.45) is 4.50. The molecule has 0 aromatic carbocycles. The van der Waals surface area contributed by atoms with Crippen LogP contribution >= 0.6 is 24.8 Å². The molecule has 0 aromatic heterocycles. The van der Waals surface area contributed by atoms with Crippen LogP contribution in [-0.2, 0) is 9.53 Å². The molecule has 2 atom stereocenters. The minimum absolute atomic E-state index is 0. The first-order valence-electron chi connectivity index (χ1n) is 8.82. The Morgan fingerprint density at radius 2 is 1.83 bits per heavy atom. The molecule has 0 bridgehead atoms. The number of amides is 1. The summed E-state index contributed by atoms with van der Waals surface area (Å²) in [5.41, 5.74) is 6.05. The number of hydrogen-bond donors (Lipinski definition) is 1. The summed E-state index contributed by atoms with van der Waals surface area (Å²) in [6.45, 7) is 11.4. The van der Waals surface area contributed by atoms with Crippen molar-refractivity contribution in [2.45, 2.75) is 58.1 Å². The van der Waals surface area contributed by atoms with E-state index in [4.69, 9.17) is 10.5 Å². The average Bonchev–Trinajstić information content (AvgIpc) is 2.46. The first-order valence-corrected chi connectivity index (χ1v) is 8.82. The van der Waals surface area contributed by atoms with Crippen LogP contribution in [0.5, 0.6) is 0 Å². The zero-order chi connectivity index (χ0) is 16.2. The topological polar surface area (TPSA) is 58.8 Å². The van der Waals surface area contributed by atoms with Gasteiger partial charge in [0.05, 0.1) is 18.6 Å². The molecule has 0 radical (unpaired) electrons. The Bertz CT molecular complexity index is 373. The van der Waals surface area contributed by atoms with Crippen molar-refractivity contribution in [2.24, 2.45) is 11.7 Å². The maximum atomic E-state index is 12.8. The number of halogens is 2. The summed E-state index contributed by atoms with van der Waals surface area (Å²) >= 11 is 0. The first-order chi connectivity index (χ1) is 10.4. The fourth-order valence-corrected chi connectivity index (χ4v) is 3.59. The van der Waals surface area contributed by atoms with Crippen LogP contribution in [0.3, 0.4) is 0 Å². The van der Waals surface area contributed by atoms with Crippen molar-refractivity contribution in [1.82, 2.24) is 9.80 Å². The van der Waals surface area contributed by atoms with Crippen LogP contribution in [0.15, 0.2) is 0 Å². The van der Waals surface area contributed by atoms with Crippen LogP contribution in [0.25, 0.3) is 0 Å². The van der Waals surface area contributed by atoms with Gasteiger partial charge in [0.15, 0.2) is 0 Å². The monoisotopic (exact) mass is 383 g/mol. The van der Waals surface area contributed by atoms with Crippen LogP contribution in [0, 0.1) is 5.92 Å². The second-order valence-corrected chi connectivity index (χ2v) is 7.39. The minimum atomic E-state index is -0.322. The number of hydrogen-bond acceptors (Lipinski definition) is 4. The highest BCUT2D eigenvalue weighted by atomic mass is 35.5. The summed E-state index contributed by atoms with van der Waals surface area (Å²) in [5, 5.41) is 0. The van der Waals surface area contributed by atoms with Gasteiger partial charge < -0.3 is 15.4 Å². The number of piperazine rings is 1. The Morgan fingerprint density at radius 3 is 2.38 bits per heavy atom. The largest absolute Gasteiger partial charge is 0.377 e. The van der Waals surface area contributed by atoms with Gasteiger partial charge in [-0.05, 0) is 33.6 Å². The molecule has 2 N–H and O–H groups in total. The standard InChI is InChI=1S/C17H33N3O2.2ClH/c1-14(2)22-13-12-19-8-10-20(11-9-19)16(21)15-6-4-5-7-17(15,3)18;;/h14-15H,4-13,18H2,1-3H3;2*1H. The van der Waals surface area contributed by atoms with E-state index in [1.54, 1.807) is 0 Å². The van der Waals surface area contributed by atoms with E-state index in [1.165, 1.54) is 0 Å². The molecule has 2 fully saturated rings. The van der Waals surface area contributed by atoms with Crippen LogP contribution in [0.2, 0.25) is 0 Å². The highest BCUT2D eigenvalue weighted by Gasteiger charge is 2.40. The molecule has 144 valence electrons. The molecule has 1 saturated carbocycles. The molecule has 1 saturated heterocycles. The van der Waals surface area contributed by atoms with E-state index < -0.39 is 0 Å². The van der Waals surface area contributed by atoms with Crippen molar-refractivity contribution in [2.75, 3.05) is 39.3 Å². The Morgan fingerprint density at radius 1 is 1.21 bits per heavy atom. The van der Waals surface area contributed by atoms with Gasteiger partial charge in [-0.15, -0.1) is 24.8 Å². The van der Waals surface area contributed by atoms with E-state index in [9.17, 15) is 4.79 Å². The Kier molecular flexibility index (Phi) is 10.8. The van der Waals surface area contributed by atoms with E-state index in [1.807, 2.05) is 11.8 Å². The lowest BCUT2D eigenvalue weighted by Gasteiger charge is -2.42. The second-order valence-electron chi connectivity index (χ2n) is 7.39. The van der Waals surface area contributed by atoms with Crippen molar-refractivity contribution in [3.8, 4) is 0 Å². The van der Waals surface area contributed by atoms with Crippen molar-refractivity contribution in [1.29, 1.82) is 0 Å². The molecule has 2 rings (SSSR count). The molecule has 2 unspecified atom stereocenters. The smallest absolute Gasteiger partial charge is 0.227 e. The van der Waals surface area contributed by atoms with Crippen LogP contribution < -0.4 is 5.73 Å². The maximum absolute atomic E-state index is 12.8. The second kappa shape index (κ2) is 10.8. The molecule has 1 heterocycles. The van der Waals surface area contributed by atoms with Crippen LogP contribution in [0.1, 0.15) is 46.5 Å². The van der Waals surface area contributed by atoms with Crippen LogP contribution in [-0.4, -0.2) is 66.7 Å². The van der Waals surface area contributed by atoms with Crippen molar-refractivity contribution in [3.63, 3.8) is 0 Å². The molecule has 5 nitrogen and oxygen atoms in total. The Labute approximate surface area is 159 Å². The molecule has 1 amide bonds. The molecule has 2 aliphatic rings. The van der Waals surface area contributed by atoms with E-state index >= 15 is 0 Å². The SMILES string of the molecule is CC(C)OCCN1CCN(C(=O)C2CCCCC2(C)N)CC1.Cl.Cl. The summed E-state index contributed by atoms with van der Waals surface area (Å²) in [7, 11) is 0. The Balaban J connectivity index is 0.00000264. The molecule has 0 spiro atoms. The van der Waals surface area contributed by atoms with Crippen molar-refractivity contribution in [3.05, 3.63) is 0 Å². The number of nitrogens with zero attached hydrogens (tertiary/aromatic N) is 2. The lowest BCUT2D eigenvalue weighted by atomic mass is 9.74. The summed E-state index contributed by atoms with van der Waals surface area (Å²) in [4.78, 5) is 17.2. The van der Waals surface area contributed by atoms with E-state index in [2.05, 4.69) is 18.7 Å². The fourth-order valence-electron chi connectivity index (χ4n) is 3.59. The van der Waals surface area contributed by atoms with Crippen LogP contribution in [0.4, 0.5) is 0 Å². The van der Waals surface area contributed by atoms with E-state index in [-0.39, 0.29) is 48.3 Å². The third kappa shape index (κ3) is 6.68. The number of carbonyl (C=O) groups is 1. The molecule has 24 heavy (non-hydrogen) atoms. The zero-order valence-electron chi connectivity index (χ0n) is 15.3. The summed E-state index contributed by atoms with van der Waals surface area (Å²) < 4.78 is 5.60. The molecule has 0 aromatic rings. The van der Waals surface area contributed by atoms with Gasteiger partial charge in [-0.3, -0.25) is 9.69 Å². The molecule has 1 aliphatic carbocycles. The lowest BCUT2D eigenvalue weighted by molar-refractivity contribution is -0.140. The highest BCUT2D eigenvalue weighted by molar-refractivity contribution is 5.85. The molecule has 7 heteroatoms. The number of carbonyl (C=O) groups excluding carboxylic acids is 1. The van der Waals surface area contributed by atoms with Gasteiger partial charge in [-0.1, -0.05) is 12.8 Å². The van der Waals surface area contributed by atoms with Gasteiger partial charge in [-0.25, -0.2) is 0 Å². The quantitative estimate of drug-likeness (QED) is 0.790. The van der Waals surface area contributed by atoms with Gasteiger partial charge in [0.2, 0.25) is 5.91 Å². The minimum Gasteiger partial charge on any atom is -0.377 e. The highest BCUT2D eigenvalue weighted by Crippen LogP contribution is 2.33. The lowest BCUT2D eigenvalue weighted by Crippen LogP contribution is -2.57. The van der Waals surface area contributed by atoms with Crippen molar-refractivity contribution >= 4 is 30.7 Å². The third-order valence-corrected chi connectivity index (χ3v) is 5.10. The molecular weight excluding hydrogens is 349 g/mol. The maximum Gasteiger partial charge on any atom is 0.227 e. The number of nitrogens with two attached hydrogens (primary N) is 1. The van der Waals surface area contributed by atoms with Gasteiger partial charge in [0.1, 0.15) is 0 Å². The van der Waals surface area contributed by atoms with E-state index in [0.29, 0.717) is 0 Å². The van der Waals surface area contributed by atoms with E-state index in [0.717, 1.165) is 65.0 Å².